The highest BCUT2D eigenvalue weighted by Crippen LogP contribution is 2.41. The van der Waals surface area contributed by atoms with Crippen molar-refractivity contribution in [2.45, 2.75) is 11.6 Å². The fraction of sp³-hybridized carbons (Fsp3) is 0.348. The molecule has 2 heterocycles. The summed E-state index contributed by atoms with van der Waals surface area (Å²) in [6.07, 6.45) is 0.679. The molecular formula is C23H25N3O7S. The Morgan fingerprint density at radius 2 is 1.74 bits per heavy atom. The first-order chi connectivity index (χ1) is 16.6. The molecule has 0 aliphatic carbocycles. The van der Waals surface area contributed by atoms with Crippen molar-refractivity contribution in [1.82, 2.24) is 15.5 Å². The molecule has 3 aromatic rings. The lowest BCUT2D eigenvalue weighted by molar-refractivity contribution is -0.118. The molecule has 34 heavy (non-hydrogen) atoms. The molecular weight excluding hydrogens is 462 g/mol. The highest BCUT2D eigenvalue weighted by atomic mass is 32.2. The highest BCUT2D eigenvalue weighted by Gasteiger charge is 2.18. The molecule has 4 rings (SSSR count). The molecule has 0 saturated carbocycles. The molecule has 10 nitrogen and oxygen atoms in total. The molecule has 0 bridgehead atoms. The van der Waals surface area contributed by atoms with Crippen LogP contribution in [-0.2, 0) is 11.2 Å². The van der Waals surface area contributed by atoms with Crippen molar-refractivity contribution < 1.29 is 32.9 Å². The van der Waals surface area contributed by atoms with E-state index in [9.17, 15) is 4.79 Å². The summed E-state index contributed by atoms with van der Waals surface area (Å²) in [5.41, 5.74) is 1.67. The van der Waals surface area contributed by atoms with E-state index in [2.05, 4.69) is 15.5 Å². The average molecular weight is 488 g/mol. The molecule has 0 spiro atoms. The number of nitrogens with zero attached hydrogens (tertiary/aromatic N) is 2. The lowest BCUT2D eigenvalue weighted by atomic mass is 10.1. The molecule has 2 aromatic carbocycles. The molecule has 0 radical (unpaired) electrons. The molecule has 1 aromatic heterocycles. The number of nitrogens with one attached hydrogen (secondary N) is 1. The van der Waals surface area contributed by atoms with Crippen molar-refractivity contribution in [2.24, 2.45) is 0 Å². The number of ether oxygens (including phenoxy) is 5. The van der Waals surface area contributed by atoms with Crippen molar-refractivity contribution in [2.75, 3.05) is 46.8 Å². The van der Waals surface area contributed by atoms with Crippen LogP contribution in [0.4, 0.5) is 0 Å². The van der Waals surface area contributed by atoms with E-state index in [-0.39, 0.29) is 22.8 Å². The largest absolute Gasteiger partial charge is 0.493 e. The maximum absolute atomic E-state index is 12.2. The van der Waals surface area contributed by atoms with Gasteiger partial charge in [0.15, 0.2) is 23.0 Å². The predicted molar refractivity (Wildman–Crippen MR) is 124 cm³/mol. The van der Waals surface area contributed by atoms with Crippen LogP contribution < -0.4 is 29.0 Å². The Hall–Kier alpha value is -3.60. The number of fused-ring (bicyclic) bond motifs is 1. The van der Waals surface area contributed by atoms with Gasteiger partial charge in [-0.1, -0.05) is 17.8 Å². The number of carbonyl (C=O) groups excluding carboxylic acids is 1. The Morgan fingerprint density at radius 1 is 1.00 bits per heavy atom. The van der Waals surface area contributed by atoms with Crippen LogP contribution in [-0.4, -0.2) is 62.9 Å². The summed E-state index contributed by atoms with van der Waals surface area (Å²) >= 11 is 1.16. The summed E-state index contributed by atoms with van der Waals surface area (Å²) in [7, 11) is 4.59. The molecule has 1 aliphatic rings. The van der Waals surface area contributed by atoms with Gasteiger partial charge < -0.3 is 33.4 Å². The van der Waals surface area contributed by atoms with E-state index in [4.69, 9.17) is 28.1 Å². The number of rotatable bonds is 10. The topological polar surface area (TPSA) is 114 Å². The molecule has 0 saturated heterocycles. The minimum absolute atomic E-state index is 0.130. The monoisotopic (exact) mass is 487 g/mol. The second-order valence-electron chi connectivity index (χ2n) is 7.15. The van der Waals surface area contributed by atoms with Gasteiger partial charge in [-0.05, 0) is 36.2 Å². The van der Waals surface area contributed by atoms with E-state index in [1.54, 1.807) is 12.1 Å². The highest BCUT2D eigenvalue weighted by molar-refractivity contribution is 7.99. The van der Waals surface area contributed by atoms with Gasteiger partial charge in [-0.3, -0.25) is 4.79 Å². The molecule has 1 aliphatic heterocycles. The summed E-state index contributed by atoms with van der Waals surface area (Å²) in [5.74, 6) is 3.21. The number of carbonyl (C=O) groups is 1. The van der Waals surface area contributed by atoms with E-state index < -0.39 is 0 Å². The standard InChI is InChI=1S/C23H25N3O7S/c1-28-18-11-15(12-19(29-2)21(18)30-3)22-25-26-23(33-22)34-13-20(27)24-7-6-14-4-5-16-17(10-14)32-9-8-31-16/h4-5,10-12H,6-9,13H2,1-3H3,(H,24,27). The van der Waals surface area contributed by atoms with Gasteiger partial charge in [0.1, 0.15) is 13.2 Å². The summed E-state index contributed by atoms with van der Waals surface area (Å²) in [6.45, 7) is 1.60. The quantitative estimate of drug-likeness (QED) is 0.428. The minimum Gasteiger partial charge on any atom is -0.493 e. The number of benzene rings is 2. The number of hydrogen-bond donors (Lipinski definition) is 1. The smallest absolute Gasteiger partial charge is 0.277 e. The van der Waals surface area contributed by atoms with Gasteiger partial charge in [0, 0.05) is 12.1 Å². The Morgan fingerprint density at radius 3 is 2.44 bits per heavy atom. The molecule has 0 fully saturated rings. The van der Waals surface area contributed by atoms with Crippen LogP contribution in [0.25, 0.3) is 11.5 Å². The number of aromatic nitrogens is 2. The van der Waals surface area contributed by atoms with Crippen molar-refractivity contribution in [3.63, 3.8) is 0 Å². The van der Waals surface area contributed by atoms with Crippen molar-refractivity contribution >= 4 is 17.7 Å². The van der Waals surface area contributed by atoms with Gasteiger partial charge in [0.05, 0.1) is 27.1 Å². The minimum atomic E-state index is -0.130. The molecule has 1 N–H and O–H groups in total. The van der Waals surface area contributed by atoms with Crippen LogP contribution in [0.3, 0.4) is 0 Å². The average Bonchev–Trinajstić information content (AvgIpc) is 3.35. The molecule has 11 heteroatoms. The van der Waals surface area contributed by atoms with Crippen LogP contribution in [0.1, 0.15) is 5.56 Å². The third-order valence-electron chi connectivity index (χ3n) is 4.99. The summed E-state index contributed by atoms with van der Waals surface area (Å²) < 4.78 is 32.9. The van der Waals surface area contributed by atoms with Crippen LogP contribution in [0.15, 0.2) is 40.0 Å². The molecule has 1 amide bonds. The molecule has 180 valence electrons. The van der Waals surface area contributed by atoms with E-state index in [1.165, 1.54) is 21.3 Å². The maximum Gasteiger partial charge on any atom is 0.277 e. The van der Waals surface area contributed by atoms with Gasteiger partial charge in [-0.25, -0.2) is 0 Å². The van der Waals surface area contributed by atoms with Gasteiger partial charge in [0.25, 0.3) is 5.22 Å². The van der Waals surface area contributed by atoms with Crippen LogP contribution in [0.2, 0.25) is 0 Å². The van der Waals surface area contributed by atoms with E-state index in [0.29, 0.717) is 49.0 Å². The van der Waals surface area contributed by atoms with E-state index >= 15 is 0 Å². The zero-order valence-corrected chi connectivity index (χ0v) is 19.9. The number of amides is 1. The van der Waals surface area contributed by atoms with E-state index in [1.807, 2.05) is 18.2 Å². The van der Waals surface area contributed by atoms with Crippen LogP contribution in [0, 0.1) is 0 Å². The van der Waals surface area contributed by atoms with Crippen molar-refractivity contribution in [3.8, 4) is 40.2 Å². The first kappa shape index (κ1) is 23.6. The lowest BCUT2D eigenvalue weighted by Gasteiger charge is -2.18. The van der Waals surface area contributed by atoms with E-state index in [0.717, 1.165) is 28.8 Å². The Kier molecular flexibility index (Phi) is 7.63. The third kappa shape index (κ3) is 5.48. The van der Waals surface area contributed by atoms with Gasteiger partial charge in [-0.2, -0.15) is 0 Å². The maximum atomic E-state index is 12.2. The first-order valence-electron chi connectivity index (χ1n) is 10.5. The Bertz CT molecular complexity index is 1130. The zero-order chi connectivity index (χ0) is 23.9. The zero-order valence-electron chi connectivity index (χ0n) is 19.1. The number of thioether (sulfide) groups is 1. The van der Waals surface area contributed by atoms with Crippen LogP contribution >= 0.6 is 11.8 Å². The predicted octanol–water partition coefficient (Wildman–Crippen LogP) is 2.98. The first-order valence-corrected chi connectivity index (χ1v) is 11.5. The van der Waals surface area contributed by atoms with Crippen LogP contribution in [0.5, 0.6) is 28.7 Å². The Balaban J connectivity index is 1.29. The molecule has 0 atom stereocenters. The second kappa shape index (κ2) is 11.0. The molecule has 0 unspecified atom stereocenters. The number of methoxy groups -OCH3 is 3. The normalized spacial score (nSPS) is 12.2. The lowest BCUT2D eigenvalue weighted by Crippen LogP contribution is -2.27. The van der Waals surface area contributed by atoms with Gasteiger partial charge >= 0.3 is 0 Å². The van der Waals surface area contributed by atoms with Gasteiger partial charge in [0.2, 0.25) is 17.5 Å². The fourth-order valence-electron chi connectivity index (χ4n) is 3.36. The Labute approximate surface area is 200 Å². The SMILES string of the molecule is COc1cc(-c2nnc(SCC(=O)NCCc3ccc4c(c3)OCCO4)o2)cc(OC)c1OC. The number of hydrogen-bond acceptors (Lipinski definition) is 10. The van der Waals surface area contributed by atoms with Crippen molar-refractivity contribution in [3.05, 3.63) is 35.9 Å². The summed E-state index contributed by atoms with van der Waals surface area (Å²) in [5, 5.41) is 11.3. The van der Waals surface area contributed by atoms with Gasteiger partial charge in [-0.15, -0.1) is 10.2 Å². The summed E-state index contributed by atoms with van der Waals surface area (Å²) in [4.78, 5) is 12.2. The third-order valence-corrected chi connectivity index (χ3v) is 5.81. The fourth-order valence-corrected chi connectivity index (χ4v) is 3.95. The second-order valence-corrected chi connectivity index (χ2v) is 8.08. The van der Waals surface area contributed by atoms with Crippen molar-refractivity contribution in [1.29, 1.82) is 0 Å². The summed E-state index contributed by atoms with van der Waals surface area (Å²) in [6, 6.07) is 9.24.